The summed E-state index contributed by atoms with van der Waals surface area (Å²) in [6, 6.07) is 3.49. The van der Waals surface area contributed by atoms with Crippen LogP contribution >= 0.6 is 0 Å². The number of benzene rings is 1. The summed E-state index contributed by atoms with van der Waals surface area (Å²) in [5.74, 6) is -1.02. The van der Waals surface area contributed by atoms with E-state index < -0.39 is 11.6 Å². The van der Waals surface area contributed by atoms with E-state index >= 15 is 0 Å². The summed E-state index contributed by atoms with van der Waals surface area (Å²) in [5, 5.41) is 18.0. The Labute approximate surface area is 170 Å². The average Bonchev–Trinajstić information content (AvgIpc) is 3.01. The van der Waals surface area contributed by atoms with Gasteiger partial charge in [-0.25, -0.2) is 9.59 Å². The SMILES string of the molecule is CCN(C(=O)OC(C)(C)C)C1CCN(c2ccc(C(=O)O)c3nn(C)nc23)CC1. The van der Waals surface area contributed by atoms with E-state index in [1.165, 1.54) is 4.80 Å². The number of amides is 1. The molecule has 2 heterocycles. The fourth-order valence-corrected chi connectivity index (χ4v) is 3.78. The number of fused-ring (bicyclic) bond motifs is 1. The van der Waals surface area contributed by atoms with Crippen molar-refractivity contribution in [3.05, 3.63) is 17.7 Å². The molecule has 0 radical (unpaired) electrons. The molecule has 1 fully saturated rings. The fourth-order valence-electron chi connectivity index (χ4n) is 3.78. The van der Waals surface area contributed by atoms with Crippen molar-refractivity contribution >= 4 is 28.8 Å². The van der Waals surface area contributed by atoms with Gasteiger partial charge in [0.15, 0.2) is 0 Å². The van der Waals surface area contributed by atoms with Crippen LogP contribution in [0.15, 0.2) is 12.1 Å². The second-order valence-electron chi connectivity index (χ2n) is 8.31. The third-order valence-electron chi connectivity index (χ3n) is 5.06. The van der Waals surface area contributed by atoms with Gasteiger partial charge < -0.3 is 19.6 Å². The zero-order valence-electron chi connectivity index (χ0n) is 17.7. The molecule has 1 aliphatic heterocycles. The molecule has 1 saturated heterocycles. The van der Waals surface area contributed by atoms with Crippen LogP contribution in [-0.4, -0.2) is 68.3 Å². The number of nitrogens with zero attached hydrogens (tertiary/aromatic N) is 5. The minimum absolute atomic E-state index is 0.113. The molecule has 1 aliphatic rings. The van der Waals surface area contributed by atoms with Gasteiger partial charge in [-0.1, -0.05) is 0 Å². The number of hydrogen-bond donors (Lipinski definition) is 1. The molecule has 158 valence electrons. The summed E-state index contributed by atoms with van der Waals surface area (Å²) >= 11 is 0. The highest BCUT2D eigenvalue weighted by molar-refractivity contribution is 6.04. The number of aromatic carboxylic acids is 1. The Balaban J connectivity index is 1.76. The maximum Gasteiger partial charge on any atom is 0.410 e. The first-order valence-corrected chi connectivity index (χ1v) is 9.92. The van der Waals surface area contributed by atoms with Gasteiger partial charge in [-0.2, -0.15) is 15.0 Å². The largest absolute Gasteiger partial charge is 0.478 e. The zero-order chi connectivity index (χ0) is 21.3. The highest BCUT2D eigenvalue weighted by atomic mass is 16.6. The van der Waals surface area contributed by atoms with Gasteiger partial charge in [-0.05, 0) is 52.7 Å². The molecule has 9 nitrogen and oxygen atoms in total. The van der Waals surface area contributed by atoms with Crippen LogP contribution in [0.4, 0.5) is 10.5 Å². The van der Waals surface area contributed by atoms with Crippen LogP contribution in [0.1, 0.15) is 50.9 Å². The topological polar surface area (TPSA) is 101 Å². The zero-order valence-corrected chi connectivity index (χ0v) is 17.7. The summed E-state index contributed by atoms with van der Waals surface area (Å²) in [6.45, 7) is 9.65. The van der Waals surface area contributed by atoms with E-state index in [-0.39, 0.29) is 17.7 Å². The molecule has 1 N–H and O–H groups in total. The summed E-state index contributed by atoms with van der Waals surface area (Å²) < 4.78 is 5.55. The summed E-state index contributed by atoms with van der Waals surface area (Å²) in [4.78, 5) is 29.4. The molecule has 9 heteroatoms. The molecular weight excluding hydrogens is 374 g/mol. The third kappa shape index (κ3) is 4.44. The maximum absolute atomic E-state index is 12.5. The van der Waals surface area contributed by atoms with E-state index in [2.05, 4.69) is 15.1 Å². The first-order valence-electron chi connectivity index (χ1n) is 9.92. The number of ether oxygens (including phenoxy) is 1. The molecule has 2 aromatic rings. The first-order chi connectivity index (χ1) is 13.6. The van der Waals surface area contributed by atoms with Gasteiger partial charge in [0.25, 0.3) is 0 Å². The maximum atomic E-state index is 12.5. The van der Waals surface area contributed by atoms with Crippen molar-refractivity contribution in [2.45, 2.75) is 52.2 Å². The minimum Gasteiger partial charge on any atom is -0.478 e. The fraction of sp³-hybridized carbons (Fsp3) is 0.600. The van der Waals surface area contributed by atoms with Gasteiger partial charge in [-0.3, -0.25) is 0 Å². The molecular formula is C20H29N5O4. The van der Waals surface area contributed by atoms with E-state index in [0.29, 0.717) is 17.6 Å². The molecule has 0 atom stereocenters. The van der Waals surface area contributed by atoms with Crippen molar-refractivity contribution in [1.29, 1.82) is 0 Å². The Kier molecular flexibility index (Phi) is 5.68. The van der Waals surface area contributed by atoms with E-state index in [1.807, 2.05) is 27.7 Å². The number of aryl methyl sites for hydroxylation is 1. The average molecular weight is 403 g/mol. The van der Waals surface area contributed by atoms with Crippen LogP contribution in [-0.2, 0) is 11.8 Å². The smallest absolute Gasteiger partial charge is 0.410 e. The predicted octanol–water partition coefficient (Wildman–Crippen LogP) is 2.89. The molecule has 0 spiro atoms. The third-order valence-corrected chi connectivity index (χ3v) is 5.06. The molecule has 0 saturated carbocycles. The molecule has 0 bridgehead atoms. The van der Waals surface area contributed by atoms with Gasteiger partial charge in [0.05, 0.1) is 11.3 Å². The highest BCUT2D eigenvalue weighted by Gasteiger charge is 2.31. The quantitative estimate of drug-likeness (QED) is 0.837. The second kappa shape index (κ2) is 7.88. The monoisotopic (exact) mass is 403 g/mol. The van der Waals surface area contributed by atoms with E-state index in [1.54, 1.807) is 24.1 Å². The van der Waals surface area contributed by atoms with Gasteiger partial charge in [0.1, 0.15) is 16.6 Å². The van der Waals surface area contributed by atoms with Crippen LogP contribution in [0.3, 0.4) is 0 Å². The number of hydrogen-bond acceptors (Lipinski definition) is 6. The molecule has 0 aliphatic carbocycles. The Morgan fingerprint density at radius 1 is 1.21 bits per heavy atom. The Hall–Kier alpha value is -2.84. The standard InChI is InChI=1S/C20H29N5O4/c1-6-25(19(28)29-20(2,3)4)13-9-11-24(12-10-13)15-8-7-14(18(26)27)16-17(15)22-23(5)21-16/h7-8,13H,6,9-12H2,1-5H3,(H,26,27). The predicted molar refractivity (Wildman–Crippen MR) is 109 cm³/mol. The molecule has 3 rings (SSSR count). The molecule has 0 unspecified atom stereocenters. The van der Waals surface area contributed by atoms with E-state index in [4.69, 9.17) is 4.74 Å². The molecule has 1 amide bonds. The van der Waals surface area contributed by atoms with Crippen molar-refractivity contribution < 1.29 is 19.4 Å². The lowest BCUT2D eigenvalue weighted by Crippen LogP contribution is -2.48. The van der Waals surface area contributed by atoms with Crippen molar-refractivity contribution in [1.82, 2.24) is 19.9 Å². The van der Waals surface area contributed by atoms with Crippen LogP contribution in [0.2, 0.25) is 0 Å². The van der Waals surface area contributed by atoms with Crippen LogP contribution in [0, 0.1) is 0 Å². The highest BCUT2D eigenvalue weighted by Crippen LogP contribution is 2.30. The minimum atomic E-state index is -1.02. The number of carboxylic acid groups (broad SMARTS) is 1. The van der Waals surface area contributed by atoms with Crippen LogP contribution in [0.5, 0.6) is 0 Å². The Bertz CT molecular complexity index is 909. The molecule has 29 heavy (non-hydrogen) atoms. The Morgan fingerprint density at radius 2 is 1.83 bits per heavy atom. The summed E-state index contributed by atoms with van der Waals surface area (Å²) in [6.07, 6.45) is 1.32. The second-order valence-corrected chi connectivity index (χ2v) is 8.31. The summed E-state index contributed by atoms with van der Waals surface area (Å²) in [7, 11) is 1.68. The van der Waals surface area contributed by atoms with Gasteiger partial charge in [-0.15, -0.1) is 0 Å². The lowest BCUT2D eigenvalue weighted by molar-refractivity contribution is 0.0149. The van der Waals surface area contributed by atoms with E-state index in [9.17, 15) is 14.7 Å². The van der Waals surface area contributed by atoms with Crippen molar-refractivity contribution in [3.63, 3.8) is 0 Å². The molecule has 1 aromatic carbocycles. The van der Waals surface area contributed by atoms with E-state index in [0.717, 1.165) is 31.6 Å². The lowest BCUT2D eigenvalue weighted by atomic mass is 10.0. The lowest BCUT2D eigenvalue weighted by Gasteiger charge is -2.39. The number of carbonyl (C=O) groups is 2. The van der Waals surface area contributed by atoms with Gasteiger partial charge in [0, 0.05) is 32.7 Å². The van der Waals surface area contributed by atoms with Crippen LogP contribution < -0.4 is 4.90 Å². The van der Waals surface area contributed by atoms with Crippen molar-refractivity contribution in [2.24, 2.45) is 7.05 Å². The van der Waals surface area contributed by atoms with Crippen molar-refractivity contribution in [2.75, 3.05) is 24.5 Å². The Morgan fingerprint density at radius 3 is 2.38 bits per heavy atom. The normalized spacial score (nSPS) is 15.6. The number of piperidine rings is 1. The van der Waals surface area contributed by atoms with Crippen LogP contribution in [0.25, 0.3) is 11.0 Å². The van der Waals surface area contributed by atoms with Gasteiger partial charge in [0.2, 0.25) is 0 Å². The number of carboxylic acids is 1. The molecule has 1 aromatic heterocycles. The number of anilines is 1. The summed E-state index contributed by atoms with van der Waals surface area (Å²) in [5.41, 5.74) is 1.48. The van der Waals surface area contributed by atoms with Gasteiger partial charge >= 0.3 is 12.1 Å². The number of carbonyl (C=O) groups excluding carboxylic acids is 1. The number of aromatic nitrogens is 3. The first kappa shape index (κ1) is 20.9. The number of rotatable bonds is 4. The van der Waals surface area contributed by atoms with Crippen molar-refractivity contribution in [3.8, 4) is 0 Å².